The zero-order valence-electron chi connectivity index (χ0n) is 20.7. The smallest absolute Gasteiger partial charge is 0.419 e. The van der Waals surface area contributed by atoms with Crippen LogP contribution < -0.4 is 5.32 Å². The van der Waals surface area contributed by atoms with Gasteiger partial charge in [-0.3, -0.25) is 9.59 Å². The maximum atomic E-state index is 13.8. The number of anilines is 1. The molecule has 6 nitrogen and oxygen atoms in total. The summed E-state index contributed by atoms with van der Waals surface area (Å²) in [5.41, 5.74) is 1.40. The highest BCUT2D eigenvalue weighted by Crippen LogP contribution is 2.33. The second kappa shape index (κ2) is 10.3. The van der Waals surface area contributed by atoms with E-state index in [1.54, 1.807) is 30.3 Å². The Morgan fingerprint density at radius 3 is 2.21 bits per heavy atom. The standard InChI is InChI=1S/C28H24F4N2O4/c1-15(2)24(27(37)38-3)34-14-19-5-4-17(12-21(19)26(34)36)16-6-9-20(10-7-16)33-25(35)18-8-11-22(23(29)13-18)28(30,31)32/h4-13,15,24H,14H2,1-3H3,(H,33,35)/t24-/m0/s1. The van der Waals surface area contributed by atoms with Gasteiger partial charge in [0.05, 0.1) is 12.7 Å². The molecule has 0 saturated carbocycles. The summed E-state index contributed by atoms with van der Waals surface area (Å²) in [6.07, 6.45) is -4.85. The van der Waals surface area contributed by atoms with E-state index in [1.807, 2.05) is 26.0 Å². The van der Waals surface area contributed by atoms with Crippen LogP contribution >= 0.6 is 0 Å². The zero-order valence-corrected chi connectivity index (χ0v) is 20.7. The number of fused-ring (bicyclic) bond motifs is 1. The third-order valence-corrected chi connectivity index (χ3v) is 6.36. The topological polar surface area (TPSA) is 75.7 Å². The number of hydrogen-bond acceptors (Lipinski definition) is 4. The largest absolute Gasteiger partial charge is 0.467 e. The number of hydrogen-bond donors (Lipinski definition) is 1. The second-order valence-electron chi connectivity index (χ2n) is 9.24. The molecule has 1 aliphatic rings. The van der Waals surface area contributed by atoms with Gasteiger partial charge < -0.3 is 15.0 Å². The number of alkyl halides is 3. The summed E-state index contributed by atoms with van der Waals surface area (Å²) in [5, 5.41) is 2.52. The van der Waals surface area contributed by atoms with Gasteiger partial charge in [-0.15, -0.1) is 0 Å². The molecule has 0 aromatic heterocycles. The molecule has 3 aromatic carbocycles. The van der Waals surface area contributed by atoms with Crippen molar-refractivity contribution < 1.29 is 36.7 Å². The Hall–Kier alpha value is -4.21. The van der Waals surface area contributed by atoms with Crippen molar-refractivity contribution in [3.63, 3.8) is 0 Å². The molecular formula is C28H24F4N2O4. The van der Waals surface area contributed by atoms with Crippen molar-refractivity contribution in [1.29, 1.82) is 0 Å². The predicted octanol–water partition coefficient (Wildman–Crippen LogP) is 5.92. The molecule has 0 bridgehead atoms. The number of nitrogens with one attached hydrogen (secondary N) is 1. The number of rotatable bonds is 6. The van der Waals surface area contributed by atoms with Gasteiger partial charge in [-0.1, -0.05) is 38.1 Å². The fourth-order valence-corrected chi connectivity index (χ4v) is 4.44. The number of ether oxygens (including phenoxy) is 1. The fourth-order valence-electron chi connectivity index (χ4n) is 4.44. The van der Waals surface area contributed by atoms with Gasteiger partial charge in [-0.2, -0.15) is 13.2 Å². The minimum atomic E-state index is -4.85. The van der Waals surface area contributed by atoms with Crippen molar-refractivity contribution in [3.05, 3.63) is 88.7 Å². The molecule has 1 atom stereocenters. The maximum absolute atomic E-state index is 13.8. The van der Waals surface area contributed by atoms with Crippen LogP contribution in [-0.2, 0) is 22.3 Å². The summed E-state index contributed by atoms with van der Waals surface area (Å²) >= 11 is 0. The third-order valence-electron chi connectivity index (χ3n) is 6.36. The molecule has 0 fully saturated rings. The second-order valence-corrected chi connectivity index (χ2v) is 9.24. The first-order chi connectivity index (χ1) is 17.9. The van der Waals surface area contributed by atoms with Crippen LogP contribution in [0.2, 0.25) is 0 Å². The summed E-state index contributed by atoms with van der Waals surface area (Å²) in [7, 11) is 1.29. The molecule has 1 aliphatic heterocycles. The van der Waals surface area contributed by atoms with E-state index in [-0.39, 0.29) is 17.4 Å². The average Bonchev–Trinajstić information content (AvgIpc) is 3.18. The Kier molecular flexibility index (Phi) is 7.26. The van der Waals surface area contributed by atoms with E-state index in [0.29, 0.717) is 29.9 Å². The van der Waals surface area contributed by atoms with Crippen LogP contribution in [0.15, 0.2) is 60.7 Å². The van der Waals surface area contributed by atoms with E-state index in [2.05, 4.69) is 5.32 Å². The lowest BCUT2D eigenvalue weighted by molar-refractivity contribution is -0.147. The van der Waals surface area contributed by atoms with E-state index in [0.717, 1.165) is 22.8 Å². The molecule has 4 rings (SSSR count). The van der Waals surface area contributed by atoms with Crippen molar-refractivity contribution in [1.82, 2.24) is 4.90 Å². The normalized spacial score (nSPS) is 13.9. The van der Waals surface area contributed by atoms with E-state index in [4.69, 9.17) is 4.74 Å². The van der Waals surface area contributed by atoms with Crippen molar-refractivity contribution in [2.75, 3.05) is 12.4 Å². The van der Waals surface area contributed by atoms with Gasteiger partial charge in [0.1, 0.15) is 11.9 Å². The summed E-state index contributed by atoms with van der Waals surface area (Å²) in [4.78, 5) is 39.3. The Labute approximate surface area is 216 Å². The molecule has 0 aliphatic carbocycles. The predicted molar refractivity (Wildman–Crippen MR) is 132 cm³/mol. The first-order valence-electron chi connectivity index (χ1n) is 11.7. The Bertz CT molecular complexity index is 1400. The fraction of sp³-hybridized carbons (Fsp3) is 0.250. The Morgan fingerprint density at radius 1 is 0.974 bits per heavy atom. The number of nitrogens with zero attached hydrogens (tertiary/aromatic N) is 1. The van der Waals surface area contributed by atoms with Crippen molar-refractivity contribution >= 4 is 23.5 Å². The minimum absolute atomic E-state index is 0.137. The molecule has 38 heavy (non-hydrogen) atoms. The zero-order chi connectivity index (χ0) is 27.8. The molecule has 0 unspecified atom stereocenters. The average molecular weight is 529 g/mol. The molecule has 0 radical (unpaired) electrons. The van der Waals surface area contributed by atoms with Gasteiger partial charge in [0.2, 0.25) is 0 Å². The van der Waals surface area contributed by atoms with Crippen LogP contribution in [0.25, 0.3) is 11.1 Å². The van der Waals surface area contributed by atoms with Gasteiger partial charge in [0.15, 0.2) is 0 Å². The van der Waals surface area contributed by atoms with Crippen molar-refractivity contribution in [2.45, 2.75) is 32.6 Å². The van der Waals surface area contributed by atoms with Crippen LogP contribution in [0.5, 0.6) is 0 Å². The van der Waals surface area contributed by atoms with Crippen LogP contribution in [0.4, 0.5) is 23.2 Å². The van der Waals surface area contributed by atoms with E-state index >= 15 is 0 Å². The number of halogens is 4. The molecule has 198 valence electrons. The van der Waals surface area contributed by atoms with Gasteiger partial charge in [0.25, 0.3) is 11.8 Å². The lowest BCUT2D eigenvalue weighted by Crippen LogP contribution is -2.45. The summed E-state index contributed by atoms with van der Waals surface area (Å²) < 4.78 is 57.0. The van der Waals surface area contributed by atoms with Crippen LogP contribution in [0.1, 0.15) is 45.7 Å². The Balaban J connectivity index is 1.50. The number of carbonyl (C=O) groups is 3. The molecule has 0 spiro atoms. The molecular weight excluding hydrogens is 504 g/mol. The number of esters is 1. The molecule has 0 saturated heterocycles. The van der Waals surface area contributed by atoms with Crippen LogP contribution in [-0.4, -0.2) is 35.8 Å². The lowest BCUT2D eigenvalue weighted by Gasteiger charge is -2.28. The van der Waals surface area contributed by atoms with Crippen molar-refractivity contribution in [3.8, 4) is 11.1 Å². The number of benzene rings is 3. The molecule has 1 heterocycles. The van der Waals surface area contributed by atoms with Crippen LogP contribution in [0.3, 0.4) is 0 Å². The highest BCUT2D eigenvalue weighted by Gasteiger charge is 2.39. The van der Waals surface area contributed by atoms with E-state index in [9.17, 15) is 31.9 Å². The lowest BCUT2D eigenvalue weighted by atomic mass is 10.00. The highest BCUT2D eigenvalue weighted by atomic mass is 19.4. The van der Waals surface area contributed by atoms with Crippen LogP contribution in [0, 0.1) is 11.7 Å². The Morgan fingerprint density at radius 2 is 1.63 bits per heavy atom. The number of methoxy groups -OCH3 is 1. The van der Waals surface area contributed by atoms with E-state index < -0.39 is 35.5 Å². The minimum Gasteiger partial charge on any atom is -0.467 e. The van der Waals surface area contributed by atoms with E-state index in [1.165, 1.54) is 12.0 Å². The third kappa shape index (κ3) is 5.25. The molecule has 1 N–H and O–H groups in total. The van der Waals surface area contributed by atoms with Crippen molar-refractivity contribution in [2.24, 2.45) is 5.92 Å². The maximum Gasteiger partial charge on any atom is 0.419 e. The first-order valence-corrected chi connectivity index (χ1v) is 11.7. The molecule has 3 aromatic rings. The summed E-state index contributed by atoms with van der Waals surface area (Å²) in [6.45, 7) is 3.98. The SMILES string of the molecule is COC(=O)[C@H](C(C)C)N1Cc2ccc(-c3ccc(NC(=O)c4ccc(C(F)(F)F)c(F)c4)cc3)cc2C1=O. The monoisotopic (exact) mass is 528 g/mol. The summed E-state index contributed by atoms with van der Waals surface area (Å²) in [6, 6.07) is 13.3. The molecule has 10 heteroatoms. The van der Waals surface area contributed by atoms with Gasteiger partial charge >= 0.3 is 12.1 Å². The summed E-state index contributed by atoms with van der Waals surface area (Å²) in [5.74, 6) is -3.17. The van der Waals surface area contributed by atoms with Gasteiger partial charge in [-0.25, -0.2) is 9.18 Å². The van der Waals surface area contributed by atoms with Gasteiger partial charge in [0, 0.05) is 23.4 Å². The number of carbonyl (C=O) groups excluding carboxylic acids is 3. The van der Waals surface area contributed by atoms with Gasteiger partial charge in [-0.05, 0) is 59.0 Å². The number of amides is 2. The highest BCUT2D eigenvalue weighted by molar-refractivity contribution is 6.04. The first kappa shape index (κ1) is 26.8. The molecule has 2 amide bonds. The quantitative estimate of drug-likeness (QED) is 0.319.